The normalized spacial score (nSPS) is 8.46. The molecule has 0 aromatic rings. The molecule has 0 saturated carbocycles. The molecule has 0 unspecified atom stereocenters. The van der Waals surface area contributed by atoms with Gasteiger partial charge in [0.1, 0.15) is 0 Å². The van der Waals surface area contributed by atoms with E-state index in [2.05, 4.69) is 5.10 Å². The van der Waals surface area contributed by atoms with Crippen LogP contribution in [0.25, 0.3) is 0 Å². The van der Waals surface area contributed by atoms with Crippen molar-refractivity contribution in [2.24, 2.45) is 10.9 Å². The molecule has 2 nitrogen and oxygen atoms in total. The predicted molar refractivity (Wildman–Crippen MR) is 66.2 cm³/mol. The molecule has 0 spiro atoms. The Balaban J connectivity index is -0.0000000573. The summed E-state index contributed by atoms with van der Waals surface area (Å²) in [6.07, 6.45) is 3.74. The molecule has 0 aromatic heterocycles. The van der Waals surface area contributed by atoms with Gasteiger partial charge in [-0.05, 0) is 19.9 Å². The highest BCUT2D eigenvalue weighted by atomic mass is 15.1. The topological polar surface area (TPSA) is 38.4 Å². The monoisotopic (exact) mass is 188 g/mol. The second-order valence-corrected chi connectivity index (χ2v) is 1.27. The van der Waals surface area contributed by atoms with E-state index in [-0.39, 0.29) is 0 Å². The van der Waals surface area contributed by atoms with Gasteiger partial charge in [-0.15, -0.1) is 0 Å². The molecule has 0 saturated heterocycles. The summed E-state index contributed by atoms with van der Waals surface area (Å²) in [4.78, 5) is 0. The van der Waals surface area contributed by atoms with Crippen LogP contribution in [0, 0.1) is 0 Å². The molecule has 0 aliphatic rings. The first-order valence-electron chi connectivity index (χ1n) is 5.18. The van der Waals surface area contributed by atoms with Crippen LogP contribution in [0.4, 0.5) is 0 Å². The summed E-state index contributed by atoms with van der Waals surface area (Å²) < 4.78 is 0. The van der Waals surface area contributed by atoms with Crippen LogP contribution in [0.3, 0.4) is 0 Å². The molecule has 0 bridgehead atoms. The van der Waals surface area contributed by atoms with Gasteiger partial charge in [0.2, 0.25) is 0 Å². The van der Waals surface area contributed by atoms with Crippen molar-refractivity contribution in [1.82, 2.24) is 0 Å². The summed E-state index contributed by atoms with van der Waals surface area (Å²) in [5, 5.41) is 3.41. The van der Waals surface area contributed by atoms with Gasteiger partial charge in [-0.1, -0.05) is 47.6 Å². The molecule has 0 aliphatic carbocycles. The molecule has 0 aliphatic heterocycles. The standard InChI is InChI=1S/C5H10N2.3C2H6/c1-3-4-5(2)7-6;3*1-2/h3-4H,6H2,1-2H3;3*1-2H3/b4-3-,7-5-;;;. The summed E-state index contributed by atoms with van der Waals surface area (Å²) in [5.74, 6) is 4.89. The summed E-state index contributed by atoms with van der Waals surface area (Å²) in [7, 11) is 0. The van der Waals surface area contributed by atoms with Gasteiger partial charge in [-0.3, -0.25) is 0 Å². The smallest absolute Gasteiger partial charge is 0.0566 e. The van der Waals surface area contributed by atoms with Crippen molar-refractivity contribution in [3.63, 3.8) is 0 Å². The van der Waals surface area contributed by atoms with E-state index in [0.29, 0.717) is 0 Å². The highest BCUT2D eigenvalue weighted by Gasteiger charge is 1.72. The number of nitrogens with two attached hydrogens (primary N) is 1. The van der Waals surface area contributed by atoms with Gasteiger partial charge in [0, 0.05) is 0 Å². The van der Waals surface area contributed by atoms with Crippen molar-refractivity contribution in [2.75, 3.05) is 0 Å². The Morgan fingerprint density at radius 1 is 1.00 bits per heavy atom. The van der Waals surface area contributed by atoms with Crippen LogP contribution in [0.15, 0.2) is 17.3 Å². The minimum atomic E-state index is 0.850. The molecule has 0 aromatic carbocycles. The lowest BCUT2D eigenvalue weighted by Crippen LogP contribution is -1.89. The Morgan fingerprint density at radius 3 is 1.38 bits per heavy atom. The SMILES string of the molecule is C/C=C\C(C)=N/N.CC.CC.CC. The first-order chi connectivity index (χ1) is 6.31. The lowest BCUT2D eigenvalue weighted by atomic mass is 10.4. The van der Waals surface area contributed by atoms with E-state index in [1.807, 2.05) is 67.5 Å². The molecule has 82 valence electrons. The van der Waals surface area contributed by atoms with E-state index in [1.165, 1.54) is 0 Å². The third-order valence-corrected chi connectivity index (χ3v) is 0.612. The maximum atomic E-state index is 4.89. The molecule has 0 radical (unpaired) electrons. The Kier molecular flexibility index (Phi) is 75.4. The van der Waals surface area contributed by atoms with Gasteiger partial charge in [0.25, 0.3) is 0 Å². The highest BCUT2D eigenvalue weighted by molar-refractivity contribution is 5.92. The Bertz CT molecular complexity index is 94.3. The molecule has 13 heavy (non-hydrogen) atoms. The van der Waals surface area contributed by atoms with E-state index in [0.717, 1.165) is 5.71 Å². The first-order valence-corrected chi connectivity index (χ1v) is 5.18. The van der Waals surface area contributed by atoms with Crippen LogP contribution >= 0.6 is 0 Å². The van der Waals surface area contributed by atoms with Crippen molar-refractivity contribution < 1.29 is 0 Å². The number of hydrazone groups is 1. The Hall–Kier alpha value is -0.790. The number of rotatable bonds is 1. The average Bonchev–Trinajstić information content (AvgIpc) is 2.27. The predicted octanol–water partition coefficient (Wildman–Crippen LogP) is 3.98. The maximum Gasteiger partial charge on any atom is 0.0566 e. The lowest BCUT2D eigenvalue weighted by molar-refractivity contribution is 1.24. The third-order valence-electron chi connectivity index (χ3n) is 0.612. The number of nitrogens with zero attached hydrogens (tertiary/aromatic N) is 1. The second-order valence-electron chi connectivity index (χ2n) is 1.27. The average molecular weight is 188 g/mol. The van der Waals surface area contributed by atoms with E-state index in [4.69, 9.17) is 5.84 Å². The van der Waals surface area contributed by atoms with Crippen LogP contribution in [-0.2, 0) is 0 Å². The summed E-state index contributed by atoms with van der Waals surface area (Å²) in [6, 6.07) is 0. The van der Waals surface area contributed by atoms with Crippen molar-refractivity contribution in [3.05, 3.63) is 12.2 Å². The van der Waals surface area contributed by atoms with Crippen molar-refractivity contribution in [2.45, 2.75) is 55.4 Å². The van der Waals surface area contributed by atoms with Crippen LogP contribution in [0.2, 0.25) is 0 Å². The largest absolute Gasteiger partial charge is 0.323 e. The molecular weight excluding hydrogens is 160 g/mol. The minimum absolute atomic E-state index is 0.850. The summed E-state index contributed by atoms with van der Waals surface area (Å²) in [6.45, 7) is 15.8. The first kappa shape index (κ1) is 22.8. The van der Waals surface area contributed by atoms with Crippen molar-refractivity contribution in [1.29, 1.82) is 0 Å². The van der Waals surface area contributed by atoms with Gasteiger partial charge in [0.15, 0.2) is 0 Å². The van der Waals surface area contributed by atoms with E-state index < -0.39 is 0 Å². The lowest BCUT2D eigenvalue weighted by Gasteiger charge is -1.80. The van der Waals surface area contributed by atoms with Gasteiger partial charge in [0.05, 0.1) is 5.71 Å². The second kappa shape index (κ2) is 43.1. The molecule has 2 heteroatoms. The van der Waals surface area contributed by atoms with Gasteiger partial charge < -0.3 is 5.84 Å². The number of allylic oxidation sites excluding steroid dienone is 2. The number of hydrogen-bond donors (Lipinski definition) is 1. The summed E-state index contributed by atoms with van der Waals surface area (Å²) >= 11 is 0. The number of hydrogen-bond acceptors (Lipinski definition) is 2. The molecule has 2 N–H and O–H groups in total. The fourth-order valence-corrected chi connectivity index (χ4v) is 0.284. The summed E-state index contributed by atoms with van der Waals surface area (Å²) in [5.41, 5.74) is 0.850. The molecule has 0 heterocycles. The van der Waals surface area contributed by atoms with Crippen LogP contribution < -0.4 is 5.84 Å². The zero-order valence-electron chi connectivity index (χ0n) is 10.7. The fraction of sp³-hybridized carbons (Fsp3) is 0.727. The quantitative estimate of drug-likeness (QED) is 0.377. The molecular formula is C11H28N2. The zero-order chi connectivity index (χ0) is 11.7. The van der Waals surface area contributed by atoms with Gasteiger partial charge >= 0.3 is 0 Å². The highest BCUT2D eigenvalue weighted by Crippen LogP contribution is 1.73. The molecule has 0 amide bonds. The Morgan fingerprint density at radius 2 is 1.31 bits per heavy atom. The minimum Gasteiger partial charge on any atom is -0.323 e. The maximum absolute atomic E-state index is 4.89. The van der Waals surface area contributed by atoms with Gasteiger partial charge in [-0.2, -0.15) is 5.10 Å². The zero-order valence-corrected chi connectivity index (χ0v) is 10.7. The van der Waals surface area contributed by atoms with Crippen molar-refractivity contribution >= 4 is 5.71 Å². The third kappa shape index (κ3) is 53.6. The van der Waals surface area contributed by atoms with E-state index in [9.17, 15) is 0 Å². The van der Waals surface area contributed by atoms with Crippen LogP contribution in [-0.4, -0.2) is 5.71 Å². The van der Waals surface area contributed by atoms with Crippen LogP contribution in [0.5, 0.6) is 0 Å². The Labute approximate surface area is 84.9 Å². The van der Waals surface area contributed by atoms with Crippen LogP contribution in [0.1, 0.15) is 55.4 Å². The fourth-order valence-electron chi connectivity index (χ4n) is 0.284. The molecule has 0 rings (SSSR count). The molecule has 0 atom stereocenters. The van der Waals surface area contributed by atoms with Crippen molar-refractivity contribution in [3.8, 4) is 0 Å². The van der Waals surface area contributed by atoms with E-state index >= 15 is 0 Å². The molecule has 0 fully saturated rings. The van der Waals surface area contributed by atoms with E-state index in [1.54, 1.807) is 0 Å². The van der Waals surface area contributed by atoms with Gasteiger partial charge in [-0.25, -0.2) is 0 Å².